The van der Waals surface area contributed by atoms with Crippen LogP contribution in [0.5, 0.6) is 11.5 Å². The molecule has 0 saturated heterocycles. The van der Waals surface area contributed by atoms with Gasteiger partial charge in [-0.15, -0.1) is 12.6 Å². The summed E-state index contributed by atoms with van der Waals surface area (Å²) in [4.78, 5) is 0.966. The summed E-state index contributed by atoms with van der Waals surface area (Å²) in [7, 11) is 0. The van der Waals surface area contributed by atoms with Crippen molar-refractivity contribution in [3.63, 3.8) is 0 Å². The highest BCUT2D eigenvalue weighted by atomic mass is 79.9. The standard InChI is InChI=1S/C10H9BrO2S/c11-7-5-1-3-13-9(5)10(14)6-2-4-12-8(6)7/h14H,1-4H2. The molecule has 14 heavy (non-hydrogen) atoms. The van der Waals surface area contributed by atoms with E-state index in [0.717, 1.165) is 46.9 Å². The third kappa shape index (κ3) is 1.04. The zero-order valence-electron chi connectivity index (χ0n) is 7.47. The summed E-state index contributed by atoms with van der Waals surface area (Å²) in [6, 6.07) is 0. The van der Waals surface area contributed by atoms with Crippen LogP contribution in [-0.2, 0) is 12.8 Å². The SMILES string of the molecule is Sc1c2c(c(Br)c3c1OCC3)OCC2. The minimum atomic E-state index is 0.754. The third-order valence-corrected chi connectivity index (χ3v) is 4.02. The van der Waals surface area contributed by atoms with Gasteiger partial charge in [-0.05, 0) is 15.9 Å². The summed E-state index contributed by atoms with van der Waals surface area (Å²) in [5.41, 5.74) is 2.39. The average molecular weight is 273 g/mol. The van der Waals surface area contributed by atoms with Gasteiger partial charge < -0.3 is 9.47 Å². The molecule has 0 atom stereocenters. The van der Waals surface area contributed by atoms with Crippen LogP contribution in [0.4, 0.5) is 0 Å². The van der Waals surface area contributed by atoms with Gasteiger partial charge in [0.2, 0.25) is 0 Å². The molecule has 0 amide bonds. The van der Waals surface area contributed by atoms with Crippen molar-refractivity contribution < 1.29 is 9.47 Å². The zero-order chi connectivity index (χ0) is 9.71. The van der Waals surface area contributed by atoms with Crippen LogP contribution in [0.1, 0.15) is 11.1 Å². The lowest BCUT2D eigenvalue weighted by molar-refractivity contribution is 0.349. The topological polar surface area (TPSA) is 18.5 Å². The Balaban J connectivity index is 2.33. The molecule has 4 heteroatoms. The predicted octanol–water partition coefficient (Wildman–Crippen LogP) is 2.61. The highest BCUT2D eigenvalue weighted by Crippen LogP contribution is 2.48. The fraction of sp³-hybridized carbons (Fsp3) is 0.400. The second-order valence-corrected chi connectivity index (χ2v) is 4.72. The minimum absolute atomic E-state index is 0.754. The molecular formula is C10H9BrO2S. The van der Waals surface area contributed by atoms with Gasteiger partial charge in [-0.2, -0.15) is 0 Å². The molecular weight excluding hydrogens is 264 g/mol. The molecule has 0 fully saturated rings. The Kier molecular flexibility index (Phi) is 1.96. The zero-order valence-corrected chi connectivity index (χ0v) is 9.95. The Labute approximate surface area is 96.1 Å². The molecule has 0 aromatic heterocycles. The van der Waals surface area contributed by atoms with E-state index >= 15 is 0 Å². The Hall–Kier alpha value is -0.350. The molecule has 0 saturated carbocycles. The normalized spacial score (nSPS) is 17.3. The molecule has 2 aliphatic heterocycles. The first kappa shape index (κ1) is 8.92. The number of ether oxygens (including phenoxy) is 2. The summed E-state index contributed by atoms with van der Waals surface area (Å²) in [6.07, 6.45) is 1.88. The smallest absolute Gasteiger partial charge is 0.138 e. The van der Waals surface area contributed by atoms with E-state index in [1.165, 1.54) is 11.1 Å². The molecule has 1 aromatic carbocycles. The molecule has 74 valence electrons. The fourth-order valence-electron chi connectivity index (χ4n) is 2.03. The second kappa shape index (κ2) is 3.07. The lowest BCUT2D eigenvalue weighted by atomic mass is 10.1. The molecule has 0 bridgehead atoms. The molecule has 0 aliphatic carbocycles. The van der Waals surface area contributed by atoms with E-state index in [2.05, 4.69) is 28.6 Å². The lowest BCUT2D eigenvalue weighted by Gasteiger charge is -2.10. The number of benzene rings is 1. The first-order valence-electron chi connectivity index (χ1n) is 4.61. The predicted molar refractivity (Wildman–Crippen MR) is 59.8 cm³/mol. The van der Waals surface area contributed by atoms with Gasteiger partial charge in [0.25, 0.3) is 0 Å². The molecule has 2 heterocycles. The Morgan fingerprint density at radius 2 is 1.64 bits per heavy atom. The van der Waals surface area contributed by atoms with Crippen molar-refractivity contribution in [3.05, 3.63) is 15.6 Å². The fourth-order valence-corrected chi connectivity index (χ4v) is 3.17. The molecule has 0 spiro atoms. The van der Waals surface area contributed by atoms with E-state index in [4.69, 9.17) is 9.47 Å². The van der Waals surface area contributed by atoms with Gasteiger partial charge in [-0.25, -0.2) is 0 Å². The maximum Gasteiger partial charge on any atom is 0.138 e. The monoisotopic (exact) mass is 272 g/mol. The van der Waals surface area contributed by atoms with E-state index < -0.39 is 0 Å². The molecule has 1 aromatic rings. The lowest BCUT2D eigenvalue weighted by Crippen LogP contribution is -1.89. The summed E-state index contributed by atoms with van der Waals surface area (Å²) in [5.74, 6) is 1.92. The molecule has 0 N–H and O–H groups in total. The number of halogens is 1. The first-order valence-corrected chi connectivity index (χ1v) is 5.85. The van der Waals surface area contributed by atoms with E-state index in [1.807, 2.05) is 0 Å². The van der Waals surface area contributed by atoms with Crippen molar-refractivity contribution >= 4 is 28.6 Å². The largest absolute Gasteiger partial charge is 0.492 e. The van der Waals surface area contributed by atoms with Crippen molar-refractivity contribution in [2.75, 3.05) is 13.2 Å². The Bertz CT molecular complexity index is 345. The molecule has 2 aliphatic rings. The molecule has 0 unspecified atom stereocenters. The second-order valence-electron chi connectivity index (χ2n) is 3.47. The van der Waals surface area contributed by atoms with Crippen LogP contribution < -0.4 is 9.47 Å². The van der Waals surface area contributed by atoms with Crippen LogP contribution in [0.25, 0.3) is 0 Å². The summed E-state index contributed by atoms with van der Waals surface area (Å²) in [5, 5.41) is 0. The van der Waals surface area contributed by atoms with Crippen LogP contribution in [0, 0.1) is 0 Å². The van der Waals surface area contributed by atoms with Crippen molar-refractivity contribution in [2.45, 2.75) is 17.7 Å². The maximum atomic E-state index is 5.58. The van der Waals surface area contributed by atoms with E-state index in [-0.39, 0.29) is 0 Å². The highest BCUT2D eigenvalue weighted by molar-refractivity contribution is 9.10. The van der Waals surface area contributed by atoms with E-state index in [1.54, 1.807) is 0 Å². The summed E-state index contributed by atoms with van der Waals surface area (Å²) >= 11 is 8.09. The Morgan fingerprint density at radius 1 is 1.00 bits per heavy atom. The number of thiol groups is 1. The molecule has 2 nitrogen and oxygen atoms in total. The summed E-state index contributed by atoms with van der Waals surface area (Å²) in [6.45, 7) is 1.51. The van der Waals surface area contributed by atoms with Crippen molar-refractivity contribution in [1.29, 1.82) is 0 Å². The third-order valence-electron chi connectivity index (χ3n) is 2.71. The van der Waals surface area contributed by atoms with Gasteiger partial charge in [0.1, 0.15) is 11.5 Å². The number of rotatable bonds is 0. The molecule has 0 radical (unpaired) electrons. The first-order chi connectivity index (χ1) is 6.79. The highest BCUT2D eigenvalue weighted by Gasteiger charge is 2.28. The number of hydrogen-bond acceptors (Lipinski definition) is 3. The van der Waals surface area contributed by atoms with Crippen LogP contribution >= 0.6 is 28.6 Å². The minimum Gasteiger partial charge on any atom is -0.492 e. The van der Waals surface area contributed by atoms with E-state index in [0.29, 0.717) is 0 Å². The molecule has 3 rings (SSSR count). The van der Waals surface area contributed by atoms with Gasteiger partial charge in [0.05, 0.1) is 22.6 Å². The number of hydrogen-bond donors (Lipinski definition) is 1. The van der Waals surface area contributed by atoms with Crippen LogP contribution in [0.2, 0.25) is 0 Å². The van der Waals surface area contributed by atoms with Crippen molar-refractivity contribution in [1.82, 2.24) is 0 Å². The maximum absolute atomic E-state index is 5.58. The van der Waals surface area contributed by atoms with Crippen LogP contribution in [-0.4, -0.2) is 13.2 Å². The summed E-state index contributed by atoms with van der Waals surface area (Å²) < 4.78 is 12.2. The van der Waals surface area contributed by atoms with Gasteiger partial charge in [0.15, 0.2) is 0 Å². The van der Waals surface area contributed by atoms with Gasteiger partial charge in [-0.1, -0.05) is 0 Å². The quantitative estimate of drug-likeness (QED) is 0.732. The van der Waals surface area contributed by atoms with E-state index in [9.17, 15) is 0 Å². The van der Waals surface area contributed by atoms with Crippen LogP contribution in [0.15, 0.2) is 9.37 Å². The van der Waals surface area contributed by atoms with Crippen molar-refractivity contribution in [2.24, 2.45) is 0 Å². The average Bonchev–Trinajstić information content (AvgIpc) is 2.82. The number of fused-ring (bicyclic) bond motifs is 2. The van der Waals surface area contributed by atoms with Crippen LogP contribution in [0.3, 0.4) is 0 Å². The van der Waals surface area contributed by atoms with Crippen molar-refractivity contribution in [3.8, 4) is 11.5 Å². The van der Waals surface area contributed by atoms with Gasteiger partial charge in [0, 0.05) is 24.0 Å². The van der Waals surface area contributed by atoms with Gasteiger partial charge >= 0.3 is 0 Å². The van der Waals surface area contributed by atoms with Gasteiger partial charge in [-0.3, -0.25) is 0 Å². The Morgan fingerprint density at radius 3 is 2.43 bits per heavy atom.